The number of hydrogen-bond acceptors (Lipinski definition) is 4. The number of nitro groups is 1. The van der Waals surface area contributed by atoms with E-state index in [2.05, 4.69) is 0 Å². The largest absolute Gasteiger partial charge is 0.496 e. The Morgan fingerprint density at radius 1 is 1.57 bits per heavy atom. The molecule has 0 radical (unpaired) electrons. The monoisotopic (exact) mass is 215 g/mol. The lowest BCUT2D eigenvalue weighted by atomic mass is 10.2. The van der Waals surface area contributed by atoms with Crippen molar-refractivity contribution in [3.63, 3.8) is 0 Å². The molecule has 6 heteroatoms. The first-order valence-corrected chi connectivity index (χ1v) is 3.96. The van der Waals surface area contributed by atoms with Gasteiger partial charge in [-0.1, -0.05) is 0 Å². The Hall–Kier alpha value is -1.62. The molecule has 1 aromatic rings. The topological polar surface area (TPSA) is 69.4 Å². The van der Waals surface area contributed by atoms with Crippen LogP contribution in [0.5, 0.6) is 5.75 Å². The van der Waals surface area contributed by atoms with E-state index in [0.29, 0.717) is 0 Å². The molecule has 5 nitrogen and oxygen atoms in total. The molecule has 0 spiro atoms. The van der Waals surface area contributed by atoms with Gasteiger partial charge in [-0.2, -0.15) is 0 Å². The van der Waals surface area contributed by atoms with Crippen LogP contribution in [-0.2, 0) is 0 Å². The second-order valence-electron chi connectivity index (χ2n) is 2.42. The van der Waals surface area contributed by atoms with Crippen molar-refractivity contribution >= 4 is 22.5 Å². The van der Waals surface area contributed by atoms with E-state index in [-0.39, 0.29) is 17.0 Å². The zero-order valence-corrected chi connectivity index (χ0v) is 7.95. The first kappa shape index (κ1) is 10.5. The SMILES string of the molecule is COc1ccc([N+](=O)[O-])cc1C(=O)Cl. The Balaban J connectivity index is 3.27. The number of hydrogen-bond donors (Lipinski definition) is 0. The molecule has 1 rings (SSSR count). The molecule has 0 fully saturated rings. The smallest absolute Gasteiger partial charge is 0.270 e. The number of rotatable bonds is 3. The Kier molecular flexibility index (Phi) is 3.03. The van der Waals surface area contributed by atoms with Gasteiger partial charge in [-0.3, -0.25) is 14.9 Å². The van der Waals surface area contributed by atoms with Gasteiger partial charge in [0.25, 0.3) is 10.9 Å². The van der Waals surface area contributed by atoms with E-state index in [0.717, 1.165) is 6.07 Å². The van der Waals surface area contributed by atoms with Gasteiger partial charge in [0.15, 0.2) is 0 Å². The summed E-state index contributed by atoms with van der Waals surface area (Å²) in [6.07, 6.45) is 0. The molecule has 0 bridgehead atoms. The van der Waals surface area contributed by atoms with Crippen molar-refractivity contribution in [2.45, 2.75) is 0 Å². The van der Waals surface area contributed by atoms with Gasteiger partial charge >= 0.3 is 0 Å². The number of carbonyl (C=O) groups is 1. The third-order valence-electron chi connectivity index (χ3n) is 1.61. The first-order valence-electron chi connectivity index (χ1n) is 3.58. The Morgan fingerprint density at radius 2 is 2.21 bits per heavy atom. The molecule has 0 aliphatic carbocycles. The molecule has 0 aliphatic heterocycles. The molecule has 14 heavy (non-hydrogen) atoms. The second kappa shape index (κ2) is 4.06. The van der Waals surface area contributed by atoms with Crippen LogP contribution < -0.4 is 4.74 Å². The van der Waals surface area contributed by atoms with Crippen LogP contribution in [0.3, 0.4) is 0 Å². The summed E-state index contributed by atoms with van der Waals surface area (Å²) in [5.74, 6) is 0.218. The average molecular weight is 216 g/mol. The highest BCUT2D eigenvalue weighted by Crippen LogP contribution is 2.25. The number of nitrogens with zero attached hydrogens (tertiary/aromatic N) is 1. The molecule has 0 atom stereocenters. The predicted octanol–water partition coefficient (Wildman–Crippen LogP) is 1.98. The van der Waals surface area contributed by atoms with Crippen molar-refractivity contribution in [1.29, 1.82) is 0 Å². The standard InChI is InChI=1S/C8H6ClNO4/c1-14-7-3-2-5(10(12)13)4-6(7)8(9)11/h2-4H,1H3. The lowest BCUT2D eigenvalue weighted by molar-refractivity contribution is -0.384. The molecular weight excluding hydrogens is 210 g/mol. The number of ether oxygens (including phenoxy) is 1. The zero-order valence-electron chi connectivity index (χ0n) is 7.19. The fourth-order valence-electron chi connectivity index (χ4n) is 0.963. The van der Waals surface area contributed by atoms with Crippen LogP contribution in [0, 0.1) is 10.1 Å². The van der Waals surface area contributed by atoms with Crippen LogP contribution in [0.15, 0.2) is 18.2 Å². The van der Waals surface area contributed by atoms with E-state index < -0.39 is 10.2 Å². The van der Waals surface area contributed by atoms with Crippen LogP contribution in [0.2, 0.25) is 0 Å². The zero-order chi connectivity index (χ0) is 10.7. The summed E-state index contributed by atoms with van der Waals surface area (Å²) in [4.78, 5) is 20.6. The molecule has 0 unspecified atom stereocenters. The summed E-state index contributed by atoms with van der Waals surface area (Å²) in [7, 11) is 1.35. The summed E-state index contributed by atoms with van der Waals surface area (Å²) in [6, 6.07) is 3.64. The molecule has 0 N–H and O–H groups in total. The Labute approximate surface area is 84.4 Å². The van der Waals surface area contributed by atoms with E-state index in [1.54, 1.807) is 0 Å². The third-order valence-corrected chi connectivity index (χ3v) is 1.81. The van der Waals surface area contributed by atoms with Crippen molar-refractivity contribution in [2.75, 3.05) is 7.11 Å². The number of halogens is 1. The van der Waals surface area contributed by atoms with Crippen molar-refractivity contribution in [2.24, 2.45) is 0 Å². The summed E-state index contributed by atoms with van der Waals surface area (Å²) < 4.78 is 4.81. The van der Waals surface area contributed by atoms with Gasteiger partial charge < -0.3 is 4.74 Å². The van der Waals surface area contributed by atoms with Gasteiger partial charge in [0, 0.05) is 12.1 Å². The Bertz CT molecular complexity index is 391. The summed E-state index contributed by atoms with van der Waals surface area (Å²) in [6.45, 7) is 0. The van der Waals surface area contributed by atoms with Gasteiger partial charge in [0.1, 0.15) is 5.75 Å². The van der Waals surface area contributed by atoms with Gasteiger partial charge in [0.2, 0.25) is 0 Å². The molecule has 74 valence electrons. The van der Waals surface area contributed by atoms with Crippen LogP contribution in [-0.4, -0.2) is 17.3 Å². The first-order chi connectivity index (χ1) is 6.56. The van der Waals surface area contributed by atoms with Gasteiger partial charge in [-0.05, 0) is 17.7 Å². The van der Waals surface area contributed by atoms with E-state index in [9.17, 15) is 14.9 Å². The van der Waals surface area contributed by atoms with E-state index in [4.69, 9.17) is 16.3 Å². The molecule has 0 amide bonds. The lowest BCUT2D eigenvalue weighted by Crippen LogP contribution is -1.97. The van der Waals surface area contributed by atoms with E-state index in [1.165, 1.54) is 19.2 Å². The highest BCUT2D eigenvalue weighted by molar-refractivity contribution is 6.68. The third kappa shape index (κ3) is 2.00. The maximum atomic E-state index is 10.9. The molecule has 1 aromatic carbocycles. The minimum absolute atomic E-state index is 0.0108. The van der Waals surface area contributed by atoms with Crippen molar-refractivity contribution < 1.29 is 14.5 Å². The van der Waals surface area contributed by atoms with Crippen LogP contribution >= 0.6 is 11.6 Å². The fraction of sp³-hybridized carbons (Fsp3) is 0.125. The summed E-state index contributed by atoms with van der Waals surface area (Å²) in [5.41, 5.74) is -0.210. The molecule has 0 saturated carbocycles. The minimum Gasteiger partial charge on any atom is -0.496 e. The van der Waals surface area contributed by atoms with Gasteiger partial charge in [-0.15, -0.1) is 0 Å². The molecule has 0 aliphatic rings. The fourth-order valence-corrected chi connectivity index (χ4v) is 1.11. The molecule has 0 saturated heterocycles. The van der Waals surface area contributed by atoms with Gasteiger partial charge in [0.05, 0.1) is 17.6 Å². The number of benzene rings is 1. The van der Waals surface area contributed by atoms with Crippen LogP contribution in [0.1, 0.15) is 10.4 Å². The highest BCUT2D eigenvalue weighted by atomic mass is 35.5. The number of nitro benzene ring substituents is 1. The van der Waals surface area contributed by atoms with E-state index >= 15 is 0 Å². The minimum atomic E-state index is -0.787. The Morgan fingerprint density at radius 3 is 2.64 bits per heavy atom. The molecular formula is C8H6ClNO4. The number of non-ortho nitro benzene ring substituents is 1. The van der Waals surface area contributed by atoms with Crippen LogP contribution in [0.4, 0.5) is 5.69 Å². The average Bonchev–Trinajstić information content (AvgIpc) is 2.16. The normalized spacial score (nSPS) is 9.57. The van der Waals surface area contributed by atoms with Crippen molar-refractivity contribution in [1.82, 2.24) is 0 Å². The van der Waals surface area contributed by atoms with Crippen molar-refractivity contribution in [3.05, 3.63) is 33.9 Å². The number of carbonyl (C=O) groups excluding carboxylic acids is 1. The van der Waals surface area contributed by atoms with Crippen LogP contribution in [0.25, 0.3) is 0 Å². The summed E-state index contributed by atoms with van der Waals surface area (Å²) >= 11 is 5.22. The van der Waals surface area contributed by atoms with Crippen molar-refractivity contribution in [3.8, 4) is 5.75 Å². The molecule has 0 heterocycles. The lowest BCUT2D eigenvalue weighted by Gasteiger charge is -2.03. The second-order valence-corrected chi connectivity index (χ2v) is 2.76. The van der Waals surface area contributed by atoms with E-state index in [1.807, 2.05) is 0 Å². The van der Waals surface area contributed by atoms with Gasteiger partial charge in [-0.25, -0.2) is 0 Å². The maximum Gasteiger partial charge on any atom is 0.270 e. The quantitative estimate of drug-likeness (QED) is 0.439. The molecule has 0 aromatic heterocycles. The predicted molar refractivity (Wildman–Crippen MR) is 49.8 cm³/mol. The highest BCUT2D eigenvalue weighted by Gasteiger charge is 2.15. The maximum absolute atomic E-state index is 10.9. The summed E-state index contributed by atoms with van der Waals surface area (Å²) in [5, 5.41) is 9.60. The number of methoxy groups -OCH3 is 1.